The Bertz CT molecular complexity index is 393. The fourth-order valence-corrected chi connectivity index (χ4v) is 1.47. The first-order chi connectivity index (χ1) is 7.74. The number of aromatic hydroxyl groups is 1. The second-order valence-corrected chi connectivity index (χ2v) is 3.57. The number of nitrogens with zero attached hydrogens (tertiary/aromatic N) is 1. The Balaban J connectivity index is 1.76. The van der Waals surface area contributed by atoms with Crippen LogP contribution in [0.4, 0.5) is 0 Å². The SMILES string of the molecule is NC1=NC(CCOc2cccc(O)c2)CO1. The smallest absolute Gasteiger partial charge is 0.282 e. The maximum Gasteiger partial charge on any atom is 0.282 e. The summed E-state index contributed by atoms with van der Waals surface area (Å²) in [4.78, 5) is 4.08. The van der Waals surface area contributed by atoms with Crippen LogP contribution in [0.5, 0.6) is 11.5 Å². The first-order valence-electron chi connectivity index (χ1n) is 5.12. The predicted molar refractivity (Wildman–Crippen MR) is 59.6 cm³/mol. The number of hydrogen-bond acceptors (Lipinski definition) is 5. The van der Waals surface area contributed by atoms with Gasteiger partial charge in [0.2, 0.25) is 0 Å². The number of phenolic OH excluding ortho intramolecular Hbond substituents is 1. The van der Waals surface area contributed by atoms with Crippen LogP contribution >= 0.6 is 0 Å². The van der Waals surface area contributed by atoms with Gasteiger partial charge in [-0.1, -0.05) is 6.07 Å². The van der Waals surface area contributed by atoms with Gasteiger partial charge in [-0.3, -0.25) is 0 Å². The molecule has 1 aliphatic rings. The fourth-order valence-electron chi connectivity index (χ4n) is 1.47. The molecule has 2 rings (SSSR count). The van der Waals surface area contributed by atoms with E-state index < -0.39 is 0 Å². The summed E-state index contributed by atoms with van der Waals surface area (Å²) in [5, 5.41) is 9.22. The topological polar surface area (TPSA) is 77.1 Å². The summed E-state index contributed by atoms with van der Waals surface area (Å²) in [7, 11) is 0. The average molecular weight is 222 g/mol. The lowest BCUT2D eigenvalue weighted by molar-refractivity contribution is 0.263. The van der Waals surface area contributed by atoms with Crippen molar-refractivity contribution in [1.29, 1.82) is 0 Å². The second kappa shape index (κ2) is 4.74. The molecule has 1 aliphatic heterocycles. The Morgan fingerprint density at radius 2 is 2.44 bits per heavy atom. The van der Waals surface area contributed by atoms with Crippen LogP contribution in [0.25, 0.3) is 0 Å². The molecule has 0 radical (unpaired) electrons. The third-order valence-corrected chi connectivity index (χ3v) is 2.27. The molecule has 1 atom stereocenters. The molecule has 86 valence electrons. The normalized spacial score (nSPS) is 19.0. The molecule has 1 heterocycles. The highest BCUT2D eigenvalue weighted by Crippen LogP contribution is 2.18. The standard InChI is InChI=1S/C11H14N2O3/c12-11-13-8(7-16-11)4-5-15-10-3-1-2-9(14)6-10/h1-3,6,8,14H,4-5,7H2,(H2,12,13). The molecule has 0 fully saturated rings. The number of rotatable bonds is 4. The Labute approximate surface area is 93.5 Å². The summed E-state index contributed by atoms with van der Waals surface area (Å²) in [6.07, 6.45) is 0.746. The molecule has 5 heteroatoms. The van der Waals surface area contributed by atoms with Crippen molar-refractivity contribution in [2.24, 2.45) is 10.7 Å². The minimum Gasteiger partial charge on any atom is -0.508 e. The van der Waals surface area contributed by atoms with Gasteiger partial charge >= 0.3 is 0 Å². The van der Waals surface area contributed by atoms with E-state index in [1.165, 1.54) is 0 Å². The minimum atomic E-state index is 0.0808. The molecule has 1 aromatic rings. The number of hydrogen-bond donors (Lipinski definition) is 2. The monoisotopic (exact) mass is 222 g/mol. The van der Waals surface area contributed by atoms with Gasteiger partial charge in [-0.2, -0.15) is 0 Å². The van der Waals surface area contributed by atoms with Crippen molar-refractivity contribution in [2.45, 2.75) is 12.5 Å². The Hall–Kier alpha value is -1.91. The fraction of sp³-hybridized carbons (Fsp3) is 0.364. The lowest BCUT2D eigenvalue weighted by Gasteiger charge is -2.07. The highest BCUT2D eigenvalue weighted by molar-refractivity contribution is 5.72. The quantitative estimate of drug-likeness (QED) is 0.792. The zero-order valence-corrected chi connectivity index (χ0v) is 8.80. The highest BCUT2D eigenvalue weighted by Gasteiger charge is 2.16. The van der Waals surface area contributed by atoms with Crippen LogP contribution in [0.1, 0.15) is 6.42 Å². The van der Waals surface area contributed by atoms with Crippen LogP contribution in [0.15, 0.2) is 29.3 Å². The van der Waals surface area contributed by atoms with Gasteiger partial charge in [-0.25, -0.2) is 4.99 Å². The lowest BCUT2D eigenvalue weighted by atomic mass is 10.2. The van der Waals surface area contributed by atoms with Crippen molar-refractivity contribution in [3.05, 3.63) is 24.3 Å². The molecule has 0 amide bonds. The van der Waals surface area contributed by atoms with Crippen LogP contribution in [-0.4, -0.2) is 30.4 Å². The van der Waals surface area contributed by atoms with E-state index in [2.05, 4.69) is 4.99 Å². The van der Waals surface area contributed by atoms with E-state index in [-0.39, 0.29) is 17.8 Å². The van der Waals surface area contributed by atoms with Crippen molar-refractivity contribution in [1.82, 2.24) is 0 Å². The van der Waals surface area contributed by atoms with E-state index in [0.717, 1.165) is 6.42 Å². The zero-order chi connectivity index (χ0) is 11.4. The van der Waals surface area contributed by atoms with Crippen LogP contribution in [0.3, 0.4) is 0 Å². The summed E-state index contributed by atoms with van der Waals surface area (Å²) >= 11 is 0. The molecular formula is C11H14N2O3. The third-order valence-electron chi connectivity index (χ3n) is 2.27. The van der Waals surface area contributed by atoms with E-state index in [1.54, 1.807) is 24.3 Å². The molecule has 1 unspecified atom stereocenters. The first-order valence-corrected chi connectivity index (χ1v) is 5.12. The molecule has 1 aromatic carbocycles. The van der Waals surface area contributed by atoms with Gasteiger partial charge in [-0.05, 0) is 12.1 Å². The molecule has 3 N–H and O–H groups in total. The summed E-state index contributed by atoms with van der Waals surface area (Å²) in [5.74, 6) is 0.847. The Morgan fingerprint density at radius 1 is 1.56 bits per heavy atom. The van der Waals surface area contributed by atoms with Crippen molar-refractivity contribution in [3.63, 3.8) is 0 Å². The van der Waals surface area contributed by atoms with Gasteiger partial charge in [0.15, 0.2) is 0 Å². The van der Waals surface area contributed by atoms with E-state index >= 15 is 0 Å². The predicted octanol–water partition coefficient (Wildman–Crippen LogP) is 0.875. The Kier molecular flexibility index (Phi) is 3.14. The van der Waals surface area contributed by atoms with Crippen molar-refractivity contribution >= 4 is 6.02 Å². The van der Waals surface area contributed by atoms with Crippen molar-refractivity contribution in [3.8, 4) is 11.5 Å². The molecule has 16 heavy (non-hydrogen) atoms. The number of ether oxygens (including phenoxy) is 2. The van der Waals surface area contributed by atoms with Crippen LogP contribution < -0.4 is 10.5 Å². The maximum absolute atomic E-state index is 9.22. The van der Waals surface area contributed by atoms with E-state index in [0.29, 0.717) is 19.0 Å². The van der Waals surface area contributed by atoms with Gasteiger partial charge in [0.05, 0.1) is 12.6 Å². The molecule has 0 saturated heterocycles. The lowest BCUT2D eigenvalue weighted by Crippen LogP contribution is -2.12. The Morgan fingerprint density at radius 3 is 3.12 bits per heavy atom. The van der Waals surface area contributed by atoms with Crippen molar-refractivity contribution < 1.29 is 14.6 Å². The average Bonchev–Trinajstić information content (AvgIpc) is 2.64. The zero-order valence-electron chi connectivity index (χ0n) is 8.80. The van der Waals surface area contributed by atoms with Gasteiger partial charge in [0.1, 0.15) is 18.1 Å². The van der Waals surface area contributed by atoms with E-state index in [1.807, 2.05) is 0 Å². The molecule has 0 spiro atoms. The van der Waals surface area contributed by atoms with Gasteiger partial charge in [0.25, 0.3) is 6.02 Å². The first kappa shape index (κ1) is 10.6. The molecule has 0 saturated carbocycles. The van der Waals surface area contributed by atoms with Gasteiger partial charge in [-0.15, -0.1) is 0 Å². The number of aliphatic imine (C=N–C) groups is 1. The summed E-state index contributed by atoms with van der Waals surface area (Å²) < 4.78 is 10.5. The molecular weight excluding hydrogens is 208 g/mol. The number of phenols is 1. The number of benzene rings is 1. The van der Waals surface area contributed by atoms with E-state index in [4.69, 9.17) is 15.2 Å². The maximum atomic E-state index is 9.22. The summed E-state index contributed by atoms with van der Waals surface area (Å²) in [6.45, 7) is 1.05. The largest absolute Gasteiger partial charge is 0.508 e. The minimum absolute atomic E-state index is 0.0808. The molecule has 0 bridgehead atoms. The van der Waals surface area contributed by atoms with Crippen LogP contribution in [-0.2, 0) is 4.74 Å². The number of amidine groups is 1. The molecule has 0 aliphatic carbocycles. The molecule has 5 nitrogen and oxygen atoms in total. The second-order valence-electron chi connectivity index (χ2n) is 3.57. The molecule has 0 aromatic heterocycles. The third kappa shape index (κ3) is 2.79. The van der Waals surface area contributed by atoms with Gasteiger partial charge in [0, 0.05) is 12.5 Å². The van der Waals surface area contributed by atoms with Crippen LogP contribution in [0, 0.1) is 0 Å². The van der Waals surface area contributed by atoms with E-state index in [9.17, 15) is 5.11 Å². The highest BCUT2D eigenvalue weighted by atomic mass is 16.5. The van der Waals surface area contributed by atoms with Crippen molar-refractivity contribution in [2.75, 3.05) is 13.2 Å². The van der Waals surface area contributed by atoms with Crippen LogP contribution in [0.2, 0.25) is 0 Å². The summed E-state index contributed by atoms with van der Waals surface area (Å²) in [5.41, 5.74) is 5.38. The number of nitrogens with two attached hydrogens (primary N) is 1. The van der Waals surface area contributed by atoms with Gasteiger partial charge < -0.3 is 20.3 Å². The summed E-state index contributed by atoms with van der Waals surface area (Å²) in [6, 6.07) is 7.03.